The number of aliphatic carboxylic acids is 1. The van der Waals surface area contributed by atoms with E-state index in [1.54, 1.807) is 24.4 Å². The van der Waals surface area contributed by atoms with E-state index >= 15 is 0 Å². The third-order valence-electron chi connectivity index (χ3n) is 9.18. The summed E-state index contributed by atoms with van der Waals surface area (Å²) in [7, 11) is 0. The Hall–Kier alpha value is -5.52. The van der Waals surface area contributed by atoms with Gasteiger partial charge in [0.05, 0.1) is 36.9 Å². The second-order valence-corrected chi connectivity index (χ2v) is 13.6. The maximum atomic E-state index is 11.8. The van der Waals surface area contributed by atoms with E-state index in [0.29, 0.717) is 47.8 Å². The van der Waals surface area contributed by atoms with Gasteiger partial charge in [0, 0.05) is 42.7 Å². The summed E-state index contributed by atoms with van der Waals surface area (Å²) >= 11 is 6.72. The lowest BCUT2D eigenvalue weighted by atomic mass is 9.93. The molecular formula is C40H42ClN5O8. The molecule has 3 aromatic carbocycles. The Bertz CT molecular complexity index is 2050. The molecule has 1 unspecified atom stereocenters. The van der Waals surface area contributed by atoms with Gasteiger partial charge in [-0.15, -0.1) is 0 Å². The summed E-state index contributed by atoms with van der Waals surface area (Å²) in [6.07, 6.45) is 3.69. The number of pyridine rings is 1. The highest BCUT2D eigenvalue weighted by atomic mass is 35.5. The predicted octanol–water partition coefficient (Wildman–Crippen LogP) is 4.70. The van der Waals surface area contributed by atoms with Gasteiger partial charge in [-0.3, -0.25) is 34.9 Å². The van der Waals surface area contributed by atoms with Crippen LogP contribution in [0.25, 0.3) is 11.1 Å². The molecule has 5 rings (SSSR count). The number of imide groups is 1. The van der Waals surface area contributed by atoms with Crippen LogP contribution in [0, 0.1) is 25.2 Å². The fraction of sp³-hybridized carbons (Fsp3) is 0.325. The van der Waals surface area contributed by atoms with Crippen molar-refractivity contribution in [2.45, 2.75) is 52.5 Å². The summed E-state index contributed by atoms with van der Waals surface area (Å²) < 4.78 is 18.6. The summed E-state index contributed by atoms with van der Waals surface area (Å²) in [6.45, 7) is 6.40. The number of benzene rings is 3. The van der Waals surface area contributed by atoms with Crippen molar-refractivity contribution in [3.8, 4) is 34.4 Å². The highest BCUT2D eigenvalue weighted by Gasteiger charge is 2.32. The van der Waals surface area contributed by atoms with E-state index in [4.69, 9.17) is 25.8 Å². The van der Waals surface area contributed by atoms with E-state index in [0.717, 1.165) is 33.6 Å². The van der Waals surface area contributed by atoms with Crippen molar-refractivity contribution in [3.63, 3.8) is 0 Å². The highest BCUT2D eigenvalue weighted by Crippen LogP contribution is 2.36. The van der Waals surface area contributed by atoms with Crippen LogP contribution in [0.3, 0.4) is 0 Å². The average Bonchev–Trinajstić information content (AvgIpc) is 3.15. The maximum absolute atomic E-state index is 11.8. The van der Waals surface area contributed by atoms with Gasteiger partial charge in [0.15, 0.2) is 0 Å². The van der Waals surface area contributed by atoms with Crippen LogP contribution in [0.4, 0.5) is 0 Å². The van der Waals surface area contributed by atoms with Gasteiger partial charge in [-0.2, -0.15) is 5.26 Å². The largest absolute Gasteiger partial charge is 0.493 e. The van der Waals surface area contributed by atoms with Crippen LogP contribution in [0.2, 0.25) is 5.02 Å². The number of rotatable bonds is 17. The Morgan fingerprint density at radius 1 is 0.963 bits per heavy atom. The molecule has 14 heteroatoms. The number of piperazine rings is 1. The quantitative estimate of drug-likeness (QED) is 0.0862. The molecule has 2 amide bonds. The monoisotopic (exact) mass is 755 g/mol. The Morgan fingerprint density at radius 2 is 1.67 bits per heavy atom. The normalized spacial score (nSPS) is 14.1. The first-order chi connectivity index (χ1) is 25.9. The van der Waals surface area contributed by atoms with Crippen molar-refractivity contribution < 1.29 is 38.8 Å². The summed E-state index contributed by atoms with van der Waals surface area (Å²) in [5.74, 6) is -0.350. The fourth-order valence-electron chi connectivity index (χ4n) is 5.91. The van der Waals surface area contributed by atoms with Gasteiger partial charge in [-0.05, 0) is 73.2 Å². The first-order valence-corrected chi connectivity index (χ1v) is 17.7. The lowest BCUT2D eigenvalue weighted by Crippen LogP contribution is -2.52. The third-order valence-corrected chi connectivity index (χ3v) is 9.48. The second-order valence-electron chi connectivity index (χ2n) is 13.2. The molecule has 1 atom stereocenters. The van der Waals surface area contributed by atoms with E-state index in [1.807, 2.05) is 55.1 Å². The number of nitriles is 1. The summed E-state index contributed by atoms with van der Waals surface area (Å²) in [6, 6.07) is 18.9. The minimum atomic E-state index is -1.60. The molecule has 13 nitrogen and oxygen atoms in total. The number of aliphatic hydroxyl groups excluding tert-OH is 1. The Kier molecular flexibility index (Phi) is 13.2. The van der Waals surface area contributed by atoms with Gasteiger partial charge in [0.25, 0.3) is 0 Å². The second kappa shape index (κ2) is 18.0. The van der Waals surface area contributed by atoms with Crippen LogP contribution in [-0.4, -0.2) is 76.3 Å². The molecule has 1 aliphatic rings. The number of carbonyl (C=O) groups excluding carboxylic acids is 2. The molecular weight excluding hydrogens is 714 g/mol. The summed E-state index contributed by atoms with van der Waals surface area (Å²) in [5, 5.41) is 34.1. The molecule has 4 N–H and O–H groups in total. The zero-order chi connectivity index (χ0) is 38.8. The number of hydrogen-bond acceptors (Lipinski definition) is 11. The van der Waals surface area contributed by atoms with Gasteiger partial charge in [-0.1, -0.05) is 41.9 Å². The molecule has 2 heterocycles. The standard InChI is InChI=1S/C40H42ClN5O8/c1-25-29(7-4-8-31(25)32-9-5-10-34(26(32)2)52-12-6-11-46-20-37(48)45-38(49)21-46)23-54-36-15-35(53-22-28-13-27(16-42)17-43-18-28)30(14-33(36)41)19-44-40(3,24-47)39(50)51/h4-5,7-10,13-15,17-18,44,47H,6,11-12,19-24H2,1-3H3,(H,50,51)(H,45,48,49). The molecule has 282 valence electrons. The molecule has 1 saturated heterocycles. The van der Waals surface area contributed by atoms with E-state index in [2.05, 4.69) is 21.7 Å². The molecule has 0 aliphatic carbocycles. The third kappa shape index (κ3) is 9.91. The number of amides is 2. The van der Waals surface area contributed by atoms with Gasteiger partial charge in [0.2, 0.25) is 11.8 Å². The van der Waals surface area contributed by atoms with E-state index in [-0.39, 0.29) is 49.7 Å². The van der Waals surface area contributed by atoms with Crippen LogP contribution >= 0.6 is 11.6 Å². The van der Waals surface area contributed by atoms with E-state index in [9.17, 15) is 29.9 Å². The number of nitrogens with zero attached hydrogens (tertiary/aromatic N) is 3. The first-order valence-electron chi connectivity index (χ1n) is 17.3. The van der Waals surface area contributed by atoms with Gasteiger partial charge < -0.3 is 24.4 Å². The number of halogens is 1. The van der Waals surface area contributed by atoms with Gasteiger partial charge in [0.1, 0.15) is 42.1 Å². The Balaban J connectivity index is 1.31. The molecule has 1 aromatic heterocycles. The van der Waals surface area contributed by atoms with Crippen molar-refractivity contribution in [3.05, 3.63) is 105 Å². The molecule has 0 spiro atoms. The van der Waals surface area contributed by atoms with Crippen LogP contribution < -0.4 is 24.8 Å². The zero-order valence-corrected chi connectivity index (χ0v) is 31.0. The van der Waals surface area contributed by atoms with Crippen LogP contribution in [0.1, 0.15) is 46.7 Å². The number of hydrogen-bond donors (Lipinski definition) is 4. The number of aromatic nitrogens is 1. The number of nitrogens with one attached hydrogen (secondary N) is 2. The van der Waals surface area contributed by atoms with Gasteiger partial charge >= 0.3 is 5.97 Å². The molecule has 0 saturated carbocycles. The maximum Gasteiger partial charge on any atom is 0.326 e. The number of carbonyl (C=O) groups is 3. The number of carboxylic acids is 1. The Morgan fingerprint density at radius 3 is 2.37 bits per heavy atom. The van der Waals surface area contributed by atoms with Crippen molar-refractivity contribution in [2.24, 2.45) is 0 Å². The topological polar surface area (TPSA) is 183 Å². The Labute approximate surface area is 318 Å². The SMILES string of the molecule is Cc1c(COc2cc(OCc3cncc(C#N)c3)c(CNC(C)(CO)C(=O)O)cc2Cl)cccc1-c1cccc(OCCCN2CC(=O)NC(=O)C2)c1C. The van der Waals surface area contributed by atoms with Crippen molar-refractivity contribution in [1.29, 1.82) is 5.26 Å². The molecule has 0 bridgehead atoms. The molecule has 1 aliphatic heterocycles. The lowest BCUT2D eigenvalue weighted by molar-refractivity contribution is -0.146. The van der Waals surface area contributed by atoms with Crippen molar-refractivity contribution in [1.82, 2.24) is 20.5 Å². The van der Waals surface area contributed by atoms with E-state index in [1.165, 1.54) is 13.1 Å². The van der Waals surface area contributed by atoms with E-state index < -0.39 is 18.1 Å². The molecule has 0 radical (unpaired) electrons. The predicted molar refractivity (Wildman–Crippen MR) is 200 cm³/mol. The molecule has 54 heavy (non-hydrogen) atoms. The molecule has 4 aromatic rings. The van der Waals surface area contributed by atoms with Crippen LogP contribution in [-0.2, 0) is 34.1 Å². The van der Waals surface area contributed by atoms with Crippen molar-refractivity contribution in [2.75, 3.05) is 32.8 Å². The zero-order valence-electron chi connectivity index (χ0n) is 30.3. The fourth-order valence-corrected chi connectivity index (χ4v) is 6.15. The highest BCUT2D eigenvalue weighted by molar-refractivity contribution is 6.32. The first kappa shape index (κ1) is 39.7. The lowest BCUT2D eigenvalue weighted by Gasteiger charge is -2.25. The number of aliphatic hydroxyl groups is 1. The smallest absolute Gasteiger partial charge is 0.326 e. The average molecular weight is 756 g/mol. The van der Waals surface area contributed by atoms with Crippen LogP contribution in [0.15, 0.2) is 67.0 Å². The number of ether oxygens (including phenoxy) is 3. The van der Waals surface area contributed by atoms with Crippen molar-refractivity contribution >= 4 is 29.4 Å². The van der Waals surface area contributed by atoms with Gasteiger partial charge in [-0.25, -0.2) is 0 Å². The number of carboxylic acid groups (broad SMARTS) is 1. The summed E-state index contributed by atoms with van der Waals surface area (Å²) in [4.78, 5) is 41.0. The van der Waals surface area contributed by atoms with Crippen LogP contribution in [0.5, 0.6) is 17.2 Å². The minimum absolute atomic E-state index is 0.0106. The summed E-state index contributed by atoms with van der Waals surface area (Å²) in [5.41, 5.74) is 4.85. The molecule has 1 fully saturated rings. The minimum Gasteiger partial charge on any atom is -0.493 e.